The quantitative estimate of drug-likeness (QED) is 0.370. The van der Waals surface area contributed by atoms with Crippen LogP contribution in [0.25, 0.3) is 0 Å². The fourth-order valence-electron chi connectivity index (χ4n) is 3.28. The van der Waals surface area contributed by atoms with Crippen molar-refractivity contribution in [1.29, 1.82) is 0 Å². The number of aliphatic carboxylic acids is 1. The van der Waals surface area contributed by atoms with Crippen LogP contribution in [-0.2, 0) is 9.59 Å². The lowest BCUT2D eigenvalue weighted by Crippen LogP contribution is -2.18. The van der Waals surface area contributed by atoms with Crippen molar-refractivity contribution in [3.05, 3.63) is 24.3 Å². The zero-order chi connectivity index (χ0) is 18.7. The summed E-state index contributed by atoms with van der Waals surface area (Å²) < 4.78 is 0. The number of allylic oxidation sites excluding steroid dienone is 3. The van der Waals surface area contributed by atoms with Crippen LogP contribution in [0.3, 0.4) is 0 Å². The summed E-state index contributed by atoms with van der Waals surface area (Å²) in [7, 11) is 0. The van der Waals surface area contributed by atoms with Gasteiger partial charge in [0.05, 0.1) is 12.2 Å². The molecule has 0 radical (unpaired) electrons. The highest BCUT2D eigenvalue weighted by atomic mass is 16.4. The molecule has 0 saturated heterocycles. The van der Waals surface area contributed by atoms with Gasteiger partial charge in [0.2, 0.25) is 0 Å². The number of carboxylic acid groups (broad SMARTS) is 1. The lowest BCUT2D eigenvalue weighted by Gasteiger charge is -2.16. The van der Waals surface area contributed by atoms with E-state index in [1.54, 1.807) is 0 Å². The molecule has 1 unspecified atom stereocenters. The zero-order valence-electron chi connectivity index (χ0n) is 15.1. The molecule has 0 aromatic rings. The van der Waals surface area contributed by atoms with E-state index in [2.05, 4.69) is 0 Å². The molecule has 1 saturated carbocycles. The number of carboxylic acids is 1. The van der Waals surface area contributed by atoms with Gasteiger partial charge in [0.15, 0.2) is 0 Å². The van der Waals surface area contributed by atoms with Gasteiger partial charge >= 0.3 is 5.97 Å². The number of hydrogen-bond acceptors (Lipinski definition) is 4. The summed E-state index contributed by atoms with van der Waals surface area (Å²) in [6, 6.07) is 0. The normalized spacial score (nSPS) is 25.2. The number of aliphatic hydroxyl groups is 2. The van der Waals surface area contributed by atoms with E-state index in [0.717, 1.165) is 19.3 Å². The second kappa shape index (κ2) is 12.0. The van der Waals surface area contributed by atoms with Crippen LogP contribution in [0.4, 0.5) is 0 Å². The average molecular weight is 352 g/mol. The third-order valence-corrected chi connectivity index (χ3v) is 4.70. The largest absolute Gasteiger partial charge is 0.481 e. The van der Waals surface area contributed by atoms with Crippen molar-refractivity contribution >= 4 is 11.8 Å². The van der Waals surface area contributed by atoms with Crippen molar-refractivity contribution in [2.75, 3.05) is 0 Å². The Labute approximate surface area is 150 Å². The molecule has 0 spiro atoms. The first kappa shape index (κ1) is 21.6. The maximum atomic E-state index is 12.1. The summed E-state index contributed by atoms with van der Waals surface area (Å²) in [6.45, 7) is 2.04. The van der Waals surface area contributed by atoms with Gasteiger partial charge in [-0.25, -0.2) is 0 Å². The molecule has 4 atom stereocenters. The molecule has 0 aliphatic heterocycles. The van der Waals surface area contributed by atoms with Gasteiger partial charge in [-0.05, 0) is 38.5 Å². The number of carbonyl (C=O) groups is 2. The maximum absolute atomic E-state index is 12.1. The number of hydrogen-bond donors (Lipinski definition) is 3. The van der Waals surface area contributed by atoms with Gasteiger partial charge in [0.1, 0.15) is 5.78 Å². The smallest absolute Gasteiger partial charge is 0.303 e. The van der Waals surface area contributed by atoms with E-state index >= 15 is 0 Å². The lowest BCUT2D eigenvalue weighted by molar-refractivity contribution is -0.137. The Morgan fingerprint density at radius 1 is 1.24 bits per heavy atom. The Bertz CT molecular complexity index is 469. The van der Waals surface area contributed by atoms with Crippen molar-refractivity contribution in [2.45, 2.75) is 76.9 Å². The van der Waals surface area contributed by atoms with Crippen LogP contribution in [0.15, 0.2) is 24.3 Å². The molecule has 0 aromatic carbocycles. The van der Waals surface area contributed by atoms with Gasteiger partial charge < -0.3 is 15.3 Å². The predicted molar refractivity (Wildman–Crippen MR) is 97.1 cm³/mol. The summed E-state index contributed by atoms with van der Waals surface area (Å²) in [5.74, 6) is -1.08. The van der Waals surface area contributed by atoms with Gasteiger partial charge in [-0.15, -0.1) is 0 Å². The number of ketones is 1. The van der Waals surface area contributed by atoms with Crippen LogP contribution in [0.1, 0.15) is 64.7 Å². The maximum Gasteiger partial charge on any atom is 0.303 e. The van der Waals surface area contributed by atoms with Gasteiger partial charge in [0.25, 0.3) is 0 Å². The van der Waals surface area contributed by atoms with Crippen molar-refractivity contribution in [2.24, 2.45) is 11.8 Å². The van der Waals surface area contributed by atoms with E-state index in [1.165, 1.54) is 0 Å². The topological polar surface area (TPSA) is 94.8 Å². The molecule has 1 aliphatic carbocycles. The molecule has 1 aliphatic rings. The average Bonchev–Trinajstić information content (AvgIpc) is 2.81. The molecule has 0 bridgehead atoms. The minimum absolute atomic E-state index is 0.0864. The van der Waals surface area contributed by atoms with E-state index in [4.69, 9.17) is 5.11 Å². The molecule has 1 rings (SSSR count). The van der Waals surface area contributed by atoms with Crippen LogP contribution in [-0.4, -0.2) is 39.3 Å². The lowest BCUT2D eigenvalue weighted by atomic mass is 9.90. The fourth-order valence-corrected chi connectivity index (χ4v) is 3.28. The van der Waals surface area contributed by atoms with Crippen LogP contribution in [0.5, 0.6) is 0 Å². The molecule has 142 valence electrons. The van der Waals surface area contributed by atoms with Crippen LogP contribution in [0.2, 0.25) is 0 Å². The van der Waals surface area contributed by atoms with E-state index in [9.17, 15) is 19.8 Å². The van der Waals surface area contributed by atoms with Gasteiger partial charge in [0, 0.05) is 24.7 Å². The Morgan fingerprint density at radius 3 is 2.68 bits per heavy atom. The summed E-state index contributed by atoms with van der Waals surface area (Å²) in [5.41, 5.74) is 0. The molecule has 1 fully saturated rings. The van der Waals surface area contributed by atoms with E-state index in [0.29, 0.717) is 25.7 Å². The second-order valence-electron chi connectivity index (χ2n) is 6.86. The van der Waals surface area contributed by atoms with E-state index in [-0.39, 0.29) is 36.6 Å². The molecule has 5 nitrogen and oxygen atoms in total. The van der Waals surface area contributed by atoms with E-state index in [1.807, 2.05) is 31.2 Å². The minimum atomic E-state index is -0.795. The molecule has 0 aromatic heterocycles. The van der Waals surface area contributed by atoms with Crippen molar-refractivity contribution in [3.8, 4) is 0 Å². The monoisotopic (exact) mass is 352 g/mol. The van der Waals surface area contributed by atoms with Crippen molar-refractivity contribution < 1.29 is 24.9 Å². The third-order valence-electron chi connectivity index (χ3n) is 4.70. The van der Waals surface area contributed by atoms with Crippen LogP contribution < -0.4 is 0 Å². The first-order valence-electron chi connectivity index (χ1n) is 9.38. The number of aliphatic hydroxyl groups excluding tert-OH is 2. The van der Waals surface area contributed by atoms with Gasteiger partial charge in [-0.1, -0.05) is 37.6 Å². The van der Waals surface area contributed by atoms with Crippen LogP contribution in [0, 0.1) is 11.8 Å². The molecule has 3 N–H and O–H groups in total. The zero-order valence-corrected chi connectivity index (χ0v) is 15.1. The molecular formula is C20H32O5. The number of carbonyl (C=O) groups excluding carboxylic acids is 1. The molecule has 5 heteroatoms. The Kier molecular flexibility index (Phi) is 10.3. The van der Waals surface area contributed by atoms with E-state index < -0.39 is 12.1 Å². The summed E-state index contributed by atoms with van der Waals surface area (Å²) in [4.78, 5) is 22.5. The van der Waals surface area contributed by atoms with Crippen LogP contribution >= 0.6 is 0 Å². The molecule has 0 amide bonds. The Morgan fingerprint density at radius 2 is 2.00 bits per heavy atom. The Hall–Kier alpha value is -1.46. The fraction of sp³-hybridized carbons (Fsp3) is 0.700. The number of unbranched alkanes of at least 4 members (excludes halogenated alkanes) is 1. The molecule has 25 heavy (non-hydrogen) atoms. The van der Waals surface area contributed by atoms with Crippen molar-refractivity contribution in [3.63, 3.8) is 0 Å². The minimum Gasteiger partial charge on any atom is -0.481 e. The number of Topliss-reactive ketones (excluding diaryl/α,β-unsaturated/α-hetero) is 1. The standard InChI is InChI=1S/C20H32O5/c1-2-9-15(21)10-7-8-12-17-16(18(22)14-19(17)23)11-5-3-4-6-13-20(24)25/h3,5,8,12,15-17,19,21,23H,2,4,6-7,9-11,13-14H2,1H3,(H,24,25)/t15-,16?,17+,19+/m0/s1. The third kappa shape index (κ3) is 8.45. The SMILES string of the molecule is CCC[C@H](O)CCC=C[C@@H]1C(CC=CCCCC(=O)O)C(=O)C[C@H]1O. The second-order valence-corrected chi connectivity index (χ2v) is 6.86. The predicted octanol–water partition coefficient (Wildman–Crippen LogP) is 3.25. The first-order chi connectivity index (χ1) is 12.0. The molecule has 0 heterocycles. The highest BCUT2D eigenvalue weighted by Gasteiger charge is 2.38. The number of rotatable bonds is 12. The van der Waals surface area contributed by atoms with Gasteiger partial charge in [-0.3, -0.25) is 9.59 Å². The van der Waals surface area contributed by atoms with Crippen molar-refractivity contribution in [1.82, 2.24) is 0 Å². The first-order valence-corrected chi connectivity index (χ1v) is 9.38. The highest BCUT2D eigenvalue weighted by molar-refractivity contribution is 5.84. The summed E-state index contributed by atoms with van der Waals surface area (Å²) >= 11 is 0. The molecular weight excluding hydrogens is 320 g/mol. The summed E-state index contributed by atoms with van der Waals surface area (Å²) in [6.07, 6.45) is 12.2. The summed E-state index contributed by atoms with van der Waals surface area (Å²) in [5, 5.41) is 28.4. The Balaban J connectivity index is 2.43. The van der Waals surface area contributed by atoms with Gasteiger partial charge in [-0.2, -0.15) is 0 Å². The highest BCUT2D eigenvalue weighted by Crippen LogP contribution is 2.33.